The van der Waals surface area contributed by atoms with Crippen LogP contribution in [0.1, 0.15) is 13.8 Å². The van der Waals surface area contributed by atoms with Gasteiger partial charge in [0.1, 0.15) is 0 Å². The summed E-state index contributed by atoms with van der Waals surface area (Å²) in [6.45, 7) is 5.44. The highest BCUT2D eigenvalue weighted by atomic mass is 19.4. The van der Waals surface area contributed by atoms with Crippen LogP contribution >= 0.6 is 0 Å². The maximum Gasteiger partial charge on any atom is 0.401 e. The van der Waals surface area contributed by atoms with E-state index in [1.165, 1.54) is 4.90 Å². The molecule has 0 radical (unpaired) electrons. The van der Waals surface area contributed by atoms with Crippen molar-refractivity contribution in [1.82, 2.24) is 10.2 Å². The first-order valence-corrected chi connectivity index (χ1v) is 5.48. The SMILES string of the molecule is CCN(CCOC1(C)CNC1)CC(F)(F)F. The molecule has 1 rings (SSSR count). The van der Waals surface area contributed by atoms with Crippen molar-refractivity contribution in [2.24, 2.45) is 0 Å². The first-order valence-electron chi connectivity index (χ1n) is 5.48. The van der Waals surface area contributed by atoms with E-state index >= 15 is 0 Å². The molecule has 0 bridgehead atoms. The number of hydrogen-bond acceptors (Lipinski definition) is 3. The number of rotatable bonds is 6. The van der Waals surface area contributed by atoms with Crippen molar-refractivity contribution < 1.29 is 17.9 Å². The van der Waals surface area contributed by atoms with Crippen LogP contribution in [0.3, 0.4) is 0 Å². The monoisotopic (exact) mass is 240 g/mol. The Labute approximate surface area is 93.9 Å². The molecule has 0 spiro atoms. The van der Waals surface area contributed by atoms with Crippen LogP contribution in [-0.2, 0) is 4.74 Å². The summed E-state index contributed by atoms with van der Waals surface area (Å²) in [5.41, 5.74) is -0.183. The maximum atomic E-state index is 12.1. The lowest BCUT2D eigenvalue weighted by Gasteiger charge is -2.39. The van der Waals surface area contributed by atoms with Gasteiger partial charge in [0.15, 0.2) is 0 Å². The largest absolute Gasteiger partial charge is 0.401 e. The molecule has 0 unspecified atom stereocenters. The van der Waals surface area contributed by atoms with Crippen LogP contribution in [0.15, 0.2) is 0 Å². The summed E-state index contributed by atoms with van der Waals surface area (Å²) in [6.07, 6.45) is -4.13. The van der Waals surface area contributed by atoms with Gasteiger partial charge < -0.3 is 10.1 Å². The summed E-state index contributed by atoms with van der Waals surface area (Å²) >= 11 is 0. The Morgan fingerprint density at radius 2 is 2.00 bits per heavy atom. The van der Waals surface area contributed by atoms with E-state index < -0.39 is 12.7 Å². The number of halogens is 3. The summed E-state index contributed by atoms with van der Waals surface area (Å²) in [5, 5.41) is 3.07. The number of alkyl halides is 3. The van der Waals surface area contributed by atoms with Crippen molar-refractivity contribution in [3.8, 4) is 0 Å². The van der Waals surface area contributed by atoms with Crippen molar-refractivity contribution in [3.63, 3.8) is 0 Å². The normalized spacial score (nSPS) is 19.9. The molecule has 96 valence electrons. The Balaban J connectivity index is 2.18. The Morgan fingerprint density at radius 1 is 1.38 bits per heavy atom. The first kappa shape index (κ1) is 13.7. The molecule has 0 amide bonds. The molecule has 1 heterocycles. The van der Waals surface area contributed by atoms with Gasteiger partial charge in [-0.25, -0.2) is 0 Å². The Bertz CT molecular complexity index is 217. The highest BCUT2D eigenvalue weighted by molar-refractivity contribution is 4.90. The van der Waals surface area contributed by atoms with Crippen LogP contribution in [0.4, 0.5) is 13.2 Å². The molecule has 0 saturated carbocycles. The molecule has 1 saturated heterocycles. The van der Waals surface area contributed by atoms with Crippen LogP contribution in [0.25, 0.3) is 0 Å². The fourth-order valence-electron chi connectivity index (χ4n) is 1.60. The molecule has 1 N–H and O–H groups in total. The van der Waals surface area contributed by atoms with Crippen molar-refractivity contribution >= 4 is 0 Å². The van der Waals surface area contributed by atoms with Crippen molar-refractivity contribution in [2.45, 2.75) is 25.6 Å². The lowest BCUT2D eigenvalue weighted by Crippen LogP contribution is -2.59. The summed E-state index contributed by atoms with van der Waals surface area (Å²) < 4.78 is 42.0. The zero-order valence-corrected chi connectivity index (χ0v) is 9.73. The first-order chi connectivity index (χ1) is 7.35. The van der Waals surface area contributed by atoms with Crippen LogP contribution in [0.5, 0.6) is 0 Å². The van der Waals surface area contributed by atoms with Gasteiger partial charge in [-0.2, -0.15) is 13.2 Å². The van der Waals surface area contributed by atoms with Gasteiger partial charge >= 0.3 is 6.18 Å². The van der Waals surface area contributed by atoms with Gasteiger partial charge in [-0.15, -0.1) is 0 Å². The number of nitrogens with one attached hydrogen (secondary N) is 1. The summed E-state index contributed by atoms with van der Waals surface area (Å²) in [5.74, 6) is 0. The second-order valence-electron chi connectivity index (χ2n) is 4.39. The fourth-order valence-corrected chi connectivity index (χ4v) is 1.60. The van der Waals surface area contributed by atoms with E-state index in [9.17, 15) is 13.2 Å². The van der Waals surface area contributed by atoms with E-state index in [-0.39, 0.29) is 5.60 Å². The zero-order chi connectivity index (χ0) is 12.2. The Morgan fingerprint density at radius 3 is 2.38 bits per heavy atom. The van der Waals surface area contributed by atoms with Crippen molar-refractivity contribution in [2.75, 3.05) is 39.3 Å². The predicted molar refractivity (Wildman–Crippen MR) is 55.4 cm³/mol. The minimum absolute atomic E-state index is 0.183. The van der Waals surface area contributed by atoms with E-state index in [0.29, 0.717) is 19.7 Å². The lowest BCUT2D eigenvalue weighted by molar-refractivity contribution is -0.149. The average Bonchev–Trinajstić information content (AvgIpc) is 2.11. The lowest BCUT2D eigenvalue weighted by atomic mass is 10.0. The molecule has 0 aromatic carbocycles. The molecular formula is C10H19F3N2O. The topological polar surface area (TPSA) is 24.5 Å². The predicted octanol–water partition coefficient (Wildman–Crippen LogP) is 1.25. The second-order valence-corrected chi connectivity index (χ2v) is 4.39. The van der Waals surface area contributed by atoms with E-state index in [1.807, 2.05) is 6.92 Å². The summed E-state index contributed by atoms with van der Waals surface area (Å²) in [7, 11) is 0. The summed E-state index contributed by atoms with van der Waals surface area (Å²) in [6, 6.07) is 0. The third-order valence-electron chi connectivity index (χ3n) is 2.71. The van der Waals surface area contributed by atoms with E-state index in [0.717, 1.165) is 13.1 Å². The fraction of sp³-hybridized carbons (Fsp3) is 1.00. The minimum atomic E-state index is -4.13. The molecule has 3 nitrogen and oxygen atoms in total. The van der Waals surface area contributed by atoms with Crippen molar-refractivity contribution in [3.05, 3.63) is 0 Å². The van der Waals surface area contributed by atoms with Gasteiger partial charge in [0, 0.05) is 19.6 Å². The van der Waals surface area contributed by atoms with E-state index in [4.69, 9.17) is 4.74 Å². The molecule has 1 aliphatic heterocycles. The van der Waals surface area contributed by atoms with Crippen LogP contribution in [-0.4, -0.2) is 56.0 Å². The van der Waals surface area contributed by atoms with Gasteiger partial charge in [-0.1, -0.05) is 6.92 Å². The van der Waals surface area contributed by atoms with Gasteiger partial charge in [-0.05, 0) is 13.5 Å². The average molecular weight is 240 g/mol. The number of ether oxygens (including phenoxy) is 1. The zero-order valence-electron chi connectivity index (χ0n) is 9.73. The maximum absolute atomic E-state index is 12.1. The van der Waals surface area contributed by atoms with Crippen LogP contribution in [0.2, 0.25) is 0 Å². The van der Waals surface area contributed by atoms with Gasteiger partial charge in [0.2, 0.25) is 0 Å². The standard InChI is InChI=1S/C10H19F3N2O/c1-3-15(8-10(11,12)13)4-5-16-9(2)6-14-7-9/h14H,3-8H2,1-2H3. The molecule has 16 heavy (non-hydrogen) atoms. The number of likely N-dealkylation sites (N-methyl/N-ethyl adjacent to an activating group) is 1. The third kappa shape index (κ3) is 4.67. The summed E-state index contributed by atoms with van der Waals surface area (Å²) in [4.78, 5) is 1.34. The third-order valence-corrected chi connectivity index (χ3v) is 2.71. The minimum Gasteiger partial charge on any atom is -0.371 e. The Hall–Kier alpha value is -0.330. The second kappa shape index (κ2) is 5.33. The van der Waals surface area contributed by atoms with E-state index in [2.05, 4.69) is 5.32 Å². The smallest absolute Gasteiger partial charge is 0.371 e. The molecular weight excluding hydrogens is 221 g/mol. The molecule has 1 fully saturated rings. The van der Waals surface area contributed by atoms with Gasteiger partial charge in [0.05, 0.1) is 18.8 Å². The van der Waals surface area contributed by atoms with Crippen LogP contribution < -0.4 is 5.32 Å². The Kier molecular flexibility index (Phi) is 4.58. The molecule has 0 aromatic rings. The highest BCUT2D eigenvalue weighted by Gasteiger charge is 2.33. The molecule has 6 heteroatoms. The van der Waals surface area contributed by atoms with Crippen molar-refractivity contribution in [1.29, 1.82) is 0 Å². The quantitative estimate of drug-likeness (QED) is 0.756. The van der Waals surface area contributed by atoms with Crippen LogP contribution in [0, 0.1) is 0 Å². The highest BCUT2D eigenvalue weighted by Crippen LogP contribution is 2.17. The molecule has 0 aliphatic carbocycles. The van der Waals surface area contributed by atoms with E-state index in [1.54, 1.807) is 6.92 Å². The van der Waals surface area contributed by atoms with Gasteiger partial charge in [-0.3, -0.25) is 4.90 Å². The number of hydrogen-bond donors (Lipinski definition) is 1. The molecule has 0 aromatic heterocycles. The number of nitrogens with zero attached hydrogens (tertiary/aromatic N) is 1. The van der Waals surface area contributed by atoms with Gasteiger partial charge in [0.25, 0.3) is 0 Å². The molecule has 1 aliphatic rings. The molecule has 0 atom stereocenters.